The molecule has 12 nitrogen and oxygen atoms in total. The Morgan fingerprint density at radius 1 is 0.400 bits per heavy atom. The molecule has 5 heterocycles. The quantitative estimate of drug-likeness (QED) is 0.138. The molecule has 5 aliphatic rings. The summed E-state index contributed by atoms with van der Waals surface area (Å²) in [6.07, 6.45) is 14.8. The molecule has 296 valence electrons. The van der Waals surface area contributed by atoms with Crippen molar-refractivity contribution in [3.05, 3.63) is 166 Å². The van der Waals surface area contributed by atoms with Gasteiger partial charge < -0.3 is 39.4 Å². The van der Waals surface area contributed by atoms with Gasteiger partial charge in [0.15, 0.2) is 0 Å². The number of benzene rings is 4. The fourth-order valence-electron chi connectivity index (χ4n) is 7.54. The van der Waals surface area contributed by atoms with Crippen LogP contribution in [-0.2, 0) is 0 Å². The monoisotopic (exact) mass is 796 g/mol. The Labute approximate surface area is 344 Å². The zero-order valence-electron chi connectivity index (χ0n) is 32.8. The second-order valence-corrected chi connectivity index (χ2v) is 14.0. The van der Waals surface area contributed by atoms with Crippen molar-refractivity contribution in [3.8, 4) is 46.0 Å². The number of fused-ring (bicyclic) bond motifs is 4. The maximum absolute atomic E-state index is 12.0. The fourth-order valence-corrected chi connectivity index (χ4v) is 7.54. The third-order valence-electron chi connectivity index (χ3n) is 10.4. The smallest absolute Gasteiger partial charge is 0.127 e. The number of aromatic hydroxyl groups is 4. The van der Waals surface area contributed by atoms with E-state index in [0.29, 0.717) is 107 Å². The van der Waals surface area contributed by atoms with Gasteiger partial charge in [0.2, 0.25) is 0 Å². The summed E-state index contributed by atoms with van der Waals surface area (Å²) in [6, 6.07) is 19.7. The molecule has 8 bridgehead atoms. The number of phenolic OH excluding ortho intramolecular Hbond substituents is 4. The summed E-state index contributed by atoms with van der Waals surface area (Å²) in [5.74, 6) is 1.16. The van der Waals surface area contributed by atoms with Gasteiger partial charge in [0.25, 0.3) is 0 Å². The van der Waals surface area contributed by atoms with E-state index in [1.807, 2.05) is 42.5 Å². The lowest BCUT2D eigenvalue weighted by atomic mass is 9.85. The lowest BCUT2D eigenvalue weighted by Crippen LogP contribution is -2.08. The van der Waals surface area contributed by atoms with E-state index in [9.17, 15) is 20.4 Å². The highest BCUT2D eigenvalue weighted by Crippen LogP contribution is 2.51. The normalized spacial score (nSPS) is 16.5. The maximum Gasteiger partial charge on any atom is 0.127 e. The Balaban J connectivity index is 1.47. The summed E-state index contributed by atoms with van der Waals surface area (Å²) in [5.41, 5.74) is 7.04. The van der Waals surface area contributed by atoms with Gasteiger partial charge in [-0.05, 0) is 97.1 Å². The Hall–Kier alpha value is -8.12. The summed E-state index contributed by atoms with van der Waals surface area (Å²) in [7, 11) is 6.03. The first-order valence-electron chi connectivity index (χ1n) is 18.7. The molecule has 0 amide bonds. The molecule has 9 rings (SSSR count). The number of nitrogens with zero attached hydrogens (tertiary/aromatic N) is 4. The van der Waals surface area contributed by atoms with Crippen LogP contribution in [0.5, 0.6) is 46.0 Å². The van der Waals surface area contributed by atoms with Crippen LogP contribution in [0.25, 0.3) is 22.3 Å². The van der Waals surface area contributed by atoms with E-state index in [2.05, 4.69) is 0 Å². The Bertz CT molecular complexity index is 2950. The van der Waals surface area contributed by atoms with E-state index in [1.54, 1.807) is 54.6 Å². The van der Waals surface area contributed by atoms with Gasteiger partial charge in [-0.15, -0.1) is 0 Å². The van der Waals surface area contributed by atoms with Gasteiger partial charge in [-0.25, -0.2) is 20.0 Å². The molecule has 0 spiro atoms. The van der Waals surface area contributed by atoms with Crippen LogP contribution in [-0.4, -0.2) is 71.7 Å². The van der Waals surface area contributed by atoms with Crippen molar-refractivity contribution in [2.24, 2.45) is 20.0 Å². The molecule has 0 fully saturated rings. The highest BCUT2D eigenvalue weighted by Gasteiger charge is 2.36. The number of allylic oxidation sites excluding steroid dienone is 12. The molecular weight excluding hydrogens is 761 g/mol. The zero-order valence-corrected chi connectivity index (χ0v) is 32.8. The van der Waals surface area contributed by atoms with Crippen molar-refractivity contribution >= 4 is 45.1 Å². The lowest BCUT2D eigenvalue weighted by Gasteiger charge is -2.19. The summed E-state index contributed by atoms with van der Waals surface area (Å²) in [6.45, 7) is 0. The van der Waals surface area contributed by atoms with Crippen LogP contribution in [0.15, 0.2) is 164 Å². The summed E-state index contributed by atoms with van der Waals surface area (Å²) < 4.78 is 21.9. The zero-order chi connectivity index (χ0) is 41.7. The third-order valence-corrected chi connectivity index (χ3v) is 10.4. The molecular formula is C48H36N4O8. The number of hydrogen-bond acceptors (Lipinski definition) is 12. The summed E-state index contributed by atoms with van der Waals surface area (Å²) in [4.78, 5) is 20.2. The standard InChI is InChI=1S/C48H36N4O8/c1-57-30-9-13-34(40(53)21-30)38-19-29-18-27-6-5-25(49-27)17-26-7-8-28(50-26)20-39-44(35-14-10-31(58-2)22-41(35)54)45(36-15-11-32(59-3)23-42(36)55)48(52-39)46(47(38)51-29)37-16-12-33(60-4)24-43(37)56/h5-24,53-56H,1-4H3. The van der Waals surface area contributed by atoms with E-state index in [0.717, 1.165) is 0 Å². The molecule has 60 heavy (non-hydrogen) atoms. The molecule has 0 saturated carbocycles. The fraction of sp³-hybridized carbons (Fsp3) is 0.0833. The van der Waals surface area contributed by atoms with Gasteiger partial charge in [0.1, 0.15) is 46.0 Å². The molecule has 12 heteroatoms. The molecule has 0 radical (unpaired) electrons. The number of methoxy groups -OCH3 is 4. The van der Waals surface area contributed by atoms with Crippen LogP contribution in [0, 0.1) is 0 Å². The van der Waals surface area contributed by atoms with Crippen LogP contribution in [0.2, 0.25) is 0 Å². The highest BCUT2D eigenvalue weighted by atomic mass is 16.5. The predicted molar refractivity (Wildman–Crippen MR) is 233 cm³/mol. The Kier molecular flexibility index (Phi) is 9.36. The largest absolute Gasteiger partial charge is 0.507 e. The van der Waals surface area contributed by atoms with E-state index < -0.39 is 0 Å². The molecule has 0 aromatic heterocycles. The topological polar surface area (TPSA) is 167 Å². The molecule has 4 aromatic carbocycles. The average molecular weight is 797 g/mol. The van der Waals surface area contributed by atoms with E-state index in [-0.39, 0.29) is 28.7 Å². The number of aliphatic imine (C=N–C) groups is 4. The van der Waals surface area contributed by atoms with E-state index >= 15 is 0 Å². The first kappa shape index (κ1) is 37.5. The molecule has 0 saturated heterocycles. The highest BCUT2D eigenvalue weighted by molar-refractivity contribution is 6.51. The molecule has 4 aromatic rings. The minimum absolute atomic E-state index is 0.0822. The summed E-state index contributed by atoms with van der Waals surface area (Å²) >= 11 is 0. The Morgan fingerprint density at radius 2 is 0.833 bits per heavy atom. The number of ether oxygens (including phenoxy) is 4. The van der Waals surface area contributed by atoms with Gasteiger partial charge in [0, 0.05) is 68.8 Å². The second kappa shape index (κ2) is 15.0. The molecule has 0 aliphatic carbocycles. The van der Waals surface area contributed by atoms with Crippen LogP contribution in [0.3, 0.4) is 0 Å². The molecule has 0 unspecified atom stereocenters. The molecule has 4 N–H and O–H groups in total. The van der Waals surface area contributed by atoms with E-state index in [1.165, 1.54) is 52.7 Å². The van der Waals surface area contributed by atoms with Crippen molar-refractivity contribution in [1.29, 1.82) is 0 Å². The number of phenols is 4. The first-order chi connectivity index (χ1) is 29.1. The SMILES string of the molecule is COc1ccc(C2=CC3=CC4=NC(=CC5=NC(=CC6=NC(=C(c7ccc(OC)cc7O)C2=N3)C(c2ccc(OC)cc2O)=C6c2ccc(OC)cc2O)C=C5)C=C4)c(O)c1. The lowest BCUT2D eigenvalue weighted by molar-refractivity contribution is 0.407. The van der Waals surface area contributed by atoms with Crippen LogP contribution in [0.1, 0.15) is 22.3 Å². The Morgan fingerprint density at radius 3 is 1.32 bits per heavy atom. The van der Waals surface area contributed by atoms with Crippen molar-refractivity contribution < 1.29 is 39.4 Å². The van der Waals surface area contributed by atoms with Crippen molar-refractivity contribution in [3.63, 3.8) is 0 Å². The summed E-state index contributed by atoms with van der Waals surface area (Å²) in [5, 5.41) is 47.2. The van der Waals surface area contributed by atoms with Crippen LogP contribution >= 0.6 is 0 Å². The minimum atomic E-state index is -0.162. The van der Waals surface area contributed by atoms with Crippen LogP contribution in [0.4, 0.5) is 0 Å². The number of rotatable bonds is 8. The van der Waals surface area contributed by atoms with Crippen molar-refractivity contribution in [2.45, 2.75) is 0 Å². The number of hydrogen-bond donors (Lipinski definition) is 4. The average Bonchev–Trinajstić information content (AvgIpc) is 4.06. The van der Waals surface area contributed by atoms with Gasteiger partial charge in [-0.2, -0.15) is 0 Å². The van der Waals surface area contributed by atoms with Gasteiger partial charge in [0.05, 0.1) is 74.1 Å². The minimum Gasteiger partial charge on any atom is -0.507 e. The van der Waals surface area contributed by atoms with Crippen LogP contribution < -0.4 is 18.9 Å². The molecule has 5 aliphatic heterocycles. The third kappa shape index (κ3) is 6.65. The maximum atomic E-state index is 12.0. The van der Waals surface area contributed by atoms with E-state index in [4.69, 9.17) is 38.9 Å². The van der Waals surface area contributed by atoms with Gasteiger partial charge in [-0.1, -0.05) is 0 Å². The van der Waals surface area contributed by atoms with Gasteiger partial charge in [-0.3, -0.25) is 0 Å². The molecule has 0 atom stereocenters. The first-order valence-corrected chi connectivity index (χ1v) is 18.7. The van der Waals surface area contributed by atoms with Crippen molar-refractivity contribution in [1.82, 2.24) is 0 Å². The van der Waals surface area contributed by atoms with Crippen molar-refractivity contribution in [2.75, 3.05) is 28.4 Å². The second-order valence-electron chi connectivity index (χ2n) is 14.0. The predicted octanol–water partition coefficient (Wildman–Crippen LogP) is 8.55. The van der Waals surface area contributed by atoms with Gasteiger partial charge >= 0.3 is 0 Å².